The predicted molar refractivity (Wildman–Crippen MR) is 54.3 cm³/mol. The molecule has 1 rings (SSSR count). The van der Waals surface area contributed by atoms with Gasteiger partial charge in [0.2, 0.25) is 5.50 Å². The molecular formula is C10H11FO2S. The van der Waals surface area contributed by atoms with Crippen LogP contribution in [0.15, 0.2) is 23.1 Å². The summed E-state index contributed by atoms with van der Waals surface area (Å²) >= 11 is 0.726. The molecule has 0 aliphatic carbocycles. The zero-order chi connectivity index (χ0) is 10.7. The Bertz CT molecular complexity index is 352. The van der Waals surface area contributed by atoms with E-state index >= 15 is 0 Å². The third kappa shape index (κ3) is 2.73. The quantitative estimate of drug-likeness (QED) is 0.786. The maximum atomic E-state index is 12.9. The van der Waals surface area contributed by atoms with Gasteiger partial charge in [-0.15, -0.1) is 0 Å². The fourth-order valence-electron chi connectivity index (χ4n) is 0.996. The Balaban J connectivity index is 2.85. The van der Waals surface area contributed by atoms with E-state index < -0.39 is 11.5 Å². The molecule has 0 aromatic heterocycles. The highest BCUT2D eigenvalue weighted by molar-refractivity contribution is 8.00. The van der Waals surface area contributed by atoms with Gasteiger partial charge in [0.25, 0.3) is 0 Å². The van der Waals surface area contributed by atoms with Crippen molar-refractivity contribution in [1.82, 2.24) is 0 Å². The molecular weight excluding hydrogens is 203 g/mol. The summed E-state index contributed by atoms with van der Waals surface area (Å²) < 4.78 is 12.9. The van der Waals surface area contributed by atoms with Crippen LogP contribution in [0.25, 0.3) is 0 Å². The fraction of sp³-hybridized carbons (Fsp3) is 0.300. The van der Waals surface area contributed by atoms with E-state index in [1.165, 1.54) is 0 Å². The van der Waals surface area contributed by atoms with Crippen molar-refractivity contribution in [3.05, 3.63) is 29.3 Å². The first kappa shape index (κ1) is 11.0. The molecule has 1 N–H and O–H groups in total. The minimum Gasteiger partial charge on any atom is -0.478 e. The van der Waals surface area contributed by atoms with Gasteiger partial charge in [-0.2, -0.15) is 0 Å². The van der Waals surface area contributed by atoms with E-state index in [1.54, 1.807) is 6.07 Å². The maximum Gasteiger partial charge on any atom is 0.349 e. The molecule has 4 heteroatoms. The van der Waals surface area contributed by atoms with Crippen LogP contribution in [0.2, 0.25) is 0 Å². The highest BCUT2D eigenvalue weighted by atomic mass is 32.2. The number of aryl methyl sites for hydroxylation is 2. The van der Waals surface area contributed by atoms with Crippen LogP contribution in [0.1, 0.15) is 11.1 Å². The van der Waals surface area contributed by atoms with Gasteiger partial charge >= 0.3 is 5.97 Å². The number of hydrogen-bond donors (Lipinski definition) is 1. The monoisotopic (exact) mass is 214 g/mol. The largest absolute Gasteiger partial charge is 0.478 e. The molecule has 0 heterocycles. The Morgan fingerprint density at radius 1 is 1.50 bits per heavy atom. The molecule has 0 aliphatic rings. The van der Waals surface area contributed by atoms with Crippen LogP contribution in [0, 0.1) is 13.8 Å². The standard InChI is InChI=1S/C10H11FO2S/c1-6-3-4-7(2)8(5-6)14-9(11)10(12)13/h3-5,9H,1-2H3,(H,12,13). The Kier molecular flexibility index (Phi) is 3.52. The molecule has 76 valence electrons. The van der Waals surface area contributed by atoms with Crippen molar-refractivity contribution in [1.29, 1.82) is 0 Å². The molecule has 1 aromatic rings. The van der Waals surface area contributed by atoms with Crippen molar-refractivity contribution in [2.45, 2.75) is 24.2 Å². The molecule has 14 heavy (non-hydrogen) atoms. The van der Waals surface area contributed by atoms with E-state index in [0.717, 1.165) is 22.9 Å². The number of hydrogen-bond acceptors (Lipinski definition) is 2. The molecule has 0 amide bonds. The molecule has 2 nitrogen and oxygen atoms in total. The average Bonchev–Trinajstić information content (AvgIpc) is 2.11. The van der Waals surface area contributed by atoms with Crippen molar-refractivity contribution in [2.24, 2.45) is 0 Å². The van der Waals surface area contributed by atoms with Gasteiger partial charge in [-0.3, -0.25) is 0 Å². The van der Waals surface area contributed by atoms with Crippen molar-refractivity contribution in [2.75, 3.05) is 0 Å². The highest BCUT2D eigenvalue weighted by Crippen LogP contribution is 2.28. The first-order valence-electron chi connectivity index (χ1n) is 4.11. The smallest absolute Gasteiger partial charge is 0.349 e. The van der Waals surface area contributed by atoms with Gasteiger partial charge in [0.05, 0.1) is 0 Å². The van der Waals surface area contributed by atoms with Crippen molar-refractivity contribution < 1.29 is 14.3 Å². The van der Waals surface area contributed by atoms with E-state index in [-0.39, 0.29) is 0 Å². The summed E-state index contributed by atoms with van der Waals surface area (Å²) in [6.07, 6.45) is 0. The molecule has 0 saturated heterocycles. The summed E-state index contributed by atoms with van der Waals surface area (Å²) in [6, 6.07) is 5.55. The average molecular weight is 214 g/mol. The molecule has 0 aliphatic heterocycles. The normalized spacial score (nSPS) is 12.5. The van der Waals surface area contributed by atoms with Crippen LogP contribution in [0.3, 0.4) is 0 Å². The molecule has 0 radical (unpaired) electrons. The van der Waals surface area contributed by atoms with Gasteiger partial charge in [-0.1, -0.05) is 23.9 Å². The summed E-state index contributed by atoms with van der Waals surface area (Å²) in [6.45, 7) is 3.72. The minimum atomic E-state index is -1.89. The number of halogens is 1. The Labute approximate surface area is 86.1 Å². The number of carboxylic acids is 1. The summed E-state index contributed by atoms with van der Waals surface area (Å²) in [5, 5.41) is 8.41. The fourth-order valence-corrected chi connectivity index (χ4v) is 1.83. The maximum absolute atomic E-state index is 12.9. The van der Waals surface area contributed by atoms with E-state index in [1.807, 2.05) is 26.0 Å². The van der Waals surface area contributed by atoms with E-state index in [2.05, 4.69) is 0 Å². The lowest BCUT2D eigenvalue weighted by Crippen LogP contribution is -2.09. The topological polar surface area (TPSA) is 37.3 Å². The van der Waals surface area contributed by atoms with Crippen LogP contribution in [-0.2, 0) is 4.79 Å². The SMILES string of the molecule is Cc1ccc(C)c(SC(F)C(=O)O)c1. The summed E-state index contributed by atoms with van der Waals surface area (Å²) in [7, 11) is 0. The van der Waals surface area contributed by atoms with E-state index in [4.69, 9.17) is 5.11 Å². The lowest BCUT2D eigenvalue weighted by Gasteiger charge is -2.07. The van der Waals surface area contributed by atoms with Crippen molar-refractivity contribution in [3.8, 4) is 0 Å². The molecule has 1 atom stereocenters. The van der Waals surface area contributed by atoms with Crippen LogP contribution in [-0.4, -0.2) is 16.6 Å². The lowest BCUT2D eigenvalue weighted by molar-refractivity contribution is -0.139. The van der Waals surface area contributed by atoms with Gasteiger partial charge in [0.15, 0.2) is 0 Å². The zero-order valence-corrected chi connectivity index (χ0v) is 8.77. The number of carbonyl (C=O) groups is 1. The second-order valence-corrected chi connectivity index (χ2v) is 4.13. The van der Waals surface area contributed by atoms with Gasteiger partial charge < -0.3 is 5.11 Å². The Morgan fingerprint density at radius 2 is 2.14 bits per heavy atom. The van der Waals surface area contributed by atoms with Gasteiger partial charge in [-0.05, 0) is 31.0 Å². The summed E-state index contributed by atoms with van der Waals surface area (Å²) in [5.74, 6) is -1.43. The third-order valence-electron chi connectivity index (χ3n) is 1.77. The first-order chi connectivity index (χ1) is 6.50. The van der Waals surface area contributed by atoms with Crippen molar-refractivity contribution >= 4 is 17.7 Å². The molecule has 0 saturated carbocycles. The molecule has 0 fully saturated rings. The zero-order valence-electron chi connectivity index (χ0n) is 7.95. The molecule has 0 bridgehead atoms. The first-order valence-corrected chi connectivity index (χ1v) is 4.99. The van der Waals surface area contributed by atoms with Crippen LogP contribution in [0.5, 0.6) is 0 Å². The summed E-state index contributed by atoms with van der Waals surface area (Å²) in [5.41, 5.74) is -0.00399. The highest BCUT2D eigenvalue weighted by Gasteiger charge is 2.17. The van der Waals surface area contributed by atoms with E-state index in [0.29, 0.717) is 4.90 Å². The van der Waals surface area contributed by atoms with Gasteiger partial charge in [-0.25, -0.2) is 9.18 Å². The number of rotatable bonds is 3. The minimum absolute atomic E-state index is 0.680. The molecule has 0 spiro atoms. The molecule has 1 aromatic carbocycles. The van der Waals surface area contributed by atoms with Crippen molar-refractivity contribution in [3.63, 3.8) is 0 Å². The lowest BCUT2D eigenvalue weighted by atomic mass is 10.2. The van der Waals surface area contributed by atoms with Crippen LogP contribution in [0.4, 0.5) is 4.39 Å². The summed E-state index contributed by atoms with van der Waals surface area (Å²) in [4.78, 5) is 11.0. The molecule has 1 unspecified atom stereocenters. The second kappa shape index (κ2) is 4.46. The second-order valence-electron chi connectivity index (χ2n) is 3.04. The van der Waals surface area contributed by atoms with Gasteiger partial charge in [0.1, 0.15) is 0 Å². The van der Waals surface area contributed by atoms with Crippen LogP contribution >= 0.6 is 11.8 Å². The number of carboxylic acid groups (broad SMARTS) is 1. The third-order valence-corrected chi connectivity index (χ3v) is 2.87. The predicted octanol–water partition coefficient (Wildman–Crippen LogP) is 2.78. The van der Waals surface area contributed by atoms with E-state index in [9.17, 15) is 9.18 Å². The number of benzene rings is 1. The number of thioether (sulfide) groups is 1. The van der Waals surface area contributed by atoms with Crippen LogP contribution < -0.4 is 0 Å². The Morgan fingerprint density at radius 3 is 2.71 bits per heavy atom. The Hall–Kier alpha value is -1.03. The number of alkyl halides is 1. The van der Waals surface area contributed by atoms with Gasteiger partial charge in [0, 0.05) is 4.90 Å². The number of aliphatic carboxylic acids is 1.